The lowest BCUT2D eigenvalue weighted by Crippen LogP contribution is -2.62. The van der Waals surface area contributed by atoms with Gasteiger partial charge in [-0.05, 0) is 37.4 Å². The summed E-state index contributed by atoms with van der Waals surface area (Å²) in [5, 5.41) is 11.4. The Bertz CT molecular complexity index is 1030. The highest BCUT2D eigenvalue weighted by atomic mass is 28.4. The van der Waals surface area contributed by atoms with E-state index in [9.17, 15) is 14.7 Å². The summed E-state index contributed by atoms with van der Waals surface area (Å²) in [6.45, 7) is 23.0. The minimum Gasteiger partial charge on any atom is -0.431 e. The third kappa shape index (κ3) is 22.8. The van der Waals surface area contributed by atoms with Crippen LogP contribution in [-0.2, 0) is 37.6 Å². The summed E-state index contributed by atoms with van der Waals surface area (Å²) in [4.78, 5) is 25.4. The van der Waals surface area contributed by atoms with Gasteiger partial charge in [-0.2, -0.15) is 0 Å². The summed E-state index contributed by atoms with van der Waals surface area (Å²) >= 11 is 0. The van der Waals surface area contributed by atoms with E-state index in [0.717, 1.165) is 38.5 Å². The Morgan fingerprint density at radius 1 is 0.696 bits per heavy atom. The summed E-state index contributed by atoms with van der Waals surface area (Å²) in [5.41, 5.74) is 0. The standard InChI is InChI=1S/C44H82O11Si/c1-10-14-16-18-20-22-23-25-27-29-36(53-42(46)50-31-12-3)30-34-49-40-39(48-33-28-26-24-21-19-17-15-11-2)38(55-43(47)51-32-13-4)37(54-41(40)45)35-52-56(8,9)44(5,6)7/h12-13,36-41,45H,3-4,10-11,14-35H2,1-2,5-9H3/t36-,37+,38+,39-,40+,41-/m0/s1. The lowest BCUT2D eigenvalue weighted by Gasteiger charge is -2.45. The van der Waals surface area contributed by atoms with E-state index in [0.29, 0.717) is 19.4 Å². The van der Waals surface area contributed by atoms with Crippen LogP contribution in [0.1, 0.15) is 157 Å². The fourth-order valence-electron chi connectivity index (χ4n) is 6.35. The summed E-state index contributed by atoms with van der Waals surface area (Å²) in [6.07, 6.45) is 16.4. The monoisotopic (exact) mass is 815 g/mol. The van der Waals surface area contributed by atoms with Crippen molar-refractivity contribution in [3.8, 4) is 0 Å². The molecule has 0 aliphatic carbocycles. The normalized spacial score (nSPS) is 20.6. The van der Waals surface area contributed by atoms with Crippen LogP contribution in [0.5, 0.6) is 0 Å². The zero-order chi connectivity index (χ0) is 41.7. The van der Waals surface area contributed by atoms with Crippen LogP contribution in [0.2, 0.25) is 18.1 Å². The molecule has 1 N–H and O–H groups in total. The maximum atomic E-state index is 12.9. The molecular formula is C44H82O11Si. The fourth-order valence-corrected chi connectivity index (χ4v) is 7.36. The number of carbonyl (C=O) groups is 2. The third-order valence-electron chi connectivity index (χ3n) is 10.8. The van der Waals surface area contributed by atoms with Crippen molar-refractivity contribution in [1.82, 2.24) is 0 Å². The first-order valence-electron chi connectivity index (χ1n) is 21.9. The second-order valence-corrected chi connectivity index (χ2v) is 21.5. The zero-order valence-corrected chi connectivity index (χ0v) is 37.5. The Hall–Kier alpha value is -1.96. The largest absolute Gasteiger partial charge is 0.509 e. The summed E-state index contributed by atoms with van der Waals surface area (Å²) in [6, 6.07) is 0. The highest BCUT2D eigenvalue weighted by molar-refractivity contribution is 6.74. The molecule has 0 aromatic carbocycles. The predicted octanol–water partition coefficient (Wildman–Crippen LogP) is 11.4. The van der Waals surface area contributed by atoms with Crippen LogP contribution >= 0.6 is 0 Å². The molecule has 0 radical (unpaired) electrons. The lowest BCUT2D eigenvalue weighted by molar-refractivity contribution is -0.304. The SMILES string of the molecule is C=CCOC(=O)O[C@@H](CCCCCCCCCCC)CCO[C@@H]1[C@@H](OCCCCCCCCCC)[C@H](OC(=O)OCC=C)[C@@H](CO[Si](C)(C)C(C)(C)C)O[C@@H]1O. The van der Waals surface area contributed by atoms with Crippen molar-refractivity contribution < 1.29 is 52.3 Å². The van der Waals surface area contributed by atoms with E-state index in [4.69, 9.17) is 37.6 Å². The van der Waals surface area contributed by atoms with Gasteiger partial charge in [-0.1, -0.05) is 156 Å². The summed E-state index contributed by atoms with van der Waals surface area (Å²) in [7, 11) is -2.25. The van der Waals surface area contributed by atoms with E-state index >= 15 is 0 Å². The van der Waals surface area contributed by atoms with Gasteiger partial charge in [0.15, 0.2) is 20.7 Å². The van der Waals surface area contributed by atoms with Gasteiger partial charge in [-0.25, -0.2) is 9.59 Å². The van der Waals surface area contributed by atoms with Crippen molar-refractivity contribution in [2.45, 2.75) is 212 Å². The summed E-state index contributed by atoms with van der Waals surface area (Å²) < 4.78 is 47.4. The van der Waals surface area contributed by atoms with Crippen LogP contribution in [0.25, 0.3) is 0 Å². The molecule has 0 aromatic rings. The molecule has 0 bridgehead atoms. The molecule has 1 aliphatic heterocycles. The minimum absolute atomic E-state index is 0.0283. The number of aliphatic hydroxyl groups excluding tert-OH is 1. The molecule has 11 nitrogen and oxygen atoms in total. The highest BCUT2D eigenvalue weighted by Gasteiger charge is 2.50. The van der Waals surface area contributed by atoms with Gasteiger partial charge in [-0.15, -0.1) is 0 Å². The van der Waals surface area contributed by atoms with Crippen molar-refractivity contribution >= 4 is 20.6 Å². The van der Waals surface area contributed by atoms with Crippen LogP contribution in [-0.4, -0.2) is 95.6 Å². The Morgan fingerprint density at radius 3 is 1.73 bits per heavy atom. The van der Waals surface area contributed by atoms with Crippen LogP contribution in [0.3, 0.4) is 0 Å². The highest BCUT2D eigenvalue weighted by Crippen LogP contribution is 2.38. The van der Waals surface area contributed by atoms with E-state index in [-0.39, 0.29) is 31.5 Å². The molecule has 0 saturated carbocycles. The van der Waals surface area contributed by atoms with Gasteiger partial charge in [0, 0.05) is 13.0 Å². The first kappa shape index (κ1) is 52.1. The lowest BCUT2D eigenvalue weighted by atomic mass is 9.98. The van der Waals surface area contributed by atoms with Gasteiger partial charge in [0.1, 0.15) is 37.6 Å². The van der Waals surface area contributed by atoms with Crippen molar-refractivity contribution in [3.63, 3.8) is 0 Å². The molecular weight excluding hydrogens is 733 g/mol. The number of ether oxygens (including phenoxy) is 7. The Balaban J connectivity index is 3.13. The number of rotatable bonds is 33. The van der Waals surface area contributed by atoms with Crippen LogP contribution in [0.15, 0.2) is 25.3 Å². The number of carbonyl (C=O) groups excluding carboxylic acids is 2. The summed E-state index contributed by atoms with van der Waals surface area (Å²) in [5.74, 6) is 0. The molecule has 1 saturated heterocycles. The first-order valence-corrected chi connectivity index (χ1v) is 24.8. The Kier molecular flexibility index (Phi) is 28.8. The predicted molar refractivity (Wildman–Crippen MR) is 225 cm³/mol. The van der Waals surface area contributed by atoms with Gasteiger partial charge in [0.2, 0.25) is 0 Å². The number of hydrogen-bond donors (Lipinski definition) is 1. The number of hydrogen-bond acceptors (Lipinski definition) is 11. The molecule has 0 spiro atoms. The van der Waals surface area contributed by atoms with Gasteiger partial charge in [-0.3, -0.25) is 0 Å². The average molecular weight is 815 g/mol. The van der Waals surface area contributed by atoms with E-state index < -0.39 is 57.4 Å². The van der Waals surface area contributed by atoms with E-state index in [2.05, 4.69) is 60.9 Å². The second-order valence-electron chi connectivity index (χ2n) is 16.7. The van der Waals surface area contributed by atoms with E-state index in [1.54, 1.807) is 0 Å². The second kappa shape index (κ2) is 31.0. The average Bonchev–Trinajstić information content (AvgIpc) is 3.15. The molecule has 0 amide bonds. The van der Waals surface area contributed by atoms with Gasteiger partial charge < -0.3 is 42.7 Å². The molecule has 1 rings (SSSR count). The Labute approximate surface area is 342 Å². The van der Waals surface area contributed by atoms with Crippen molar-refractivity contribution in [2.24, 2.45) is 0 Å². The van der Waals surface area contributed by atoms with Crippen molar-refractivity contribution in [3.05, 3.63) is 25.3 Å². The molecule has 1 aliphatic rings. The number of unbranched alkanes of at least 4 members (excludes halogenated alkanes) is 15. The van der Waals surface area contributed by atoms with Crippen LogP contribution in [0.4, 0.5) is 9.59 Å². The first-order chi connectivity index (χ1) is 26.8. The van der Waals surface area contributed by atoms with Crippen LogP contribution < -0.4 is 0 Å². The molecule has 328 valence electrons. The van der Waals surface area contributed by atoms with E-state index in [1.165, 1.54) is 82.8 Å². The topological polar surface area (TPSA) is 128 Å². The Morgan fingerprint density at radius 2 is 1.20 bits per heavy atom. The minimum atomic E-state index is -2.25. The maximum Gasteiger partial charge on any atom is 0.509 e. The molecule has 6 atom stereocenters. The molecule has 0 unspecified atom stereocenters. The van der Waals surface area contributed by atoms with E-state index in [1.807, 2.05) is 0 Å². The van der Waals surface area contributed by atoms with Crippen molar-refractivity contribution in [2.75, 3.05) is 33.0 Å². The fraction of sp³-hybridized carbons (Fsp3) is 0.864. The molecule has 56 heavy (non-hydrogen) atoms. The maximum absolute atomic E-state index is 12.9. The smallest absolute Gasteiger partial charge is 0.431 e. The number of aliphatic hydroxyl groups is 1. The van der Waals surface area contributed by atoms with Gasteiger partial charge in [0.05, 0.1) is 13.2 Å². The molecule has 1 fully saturated rings. The van der Waals surface area contributed by atoms with Crippen LogP contribution in [0, 0.1) is 0 Å². The van der Waals surface area contributed by atoms with Crippen molar-refractivity contribution in [1.29, 1.82) is 0 Å². The van der Waals surface area contributed by atoms with Gasteiger partial charge in [0.25, 0.3) is 0 Å². The zero-order valence-electron chi connectivity index (χ0n) is 36.5. The third-order valence-corrected chi connectivity index (χ3v) is 15.3. The van der Waals surface area contributed by atoms with Gasteiger partial charge >= 0.3 is 12.3 Å². The quantitative estimate of drug-likeness (QED) is 0.0294. The molecule has 1 heterocycles. The molecule has 0 aromatic heterocycles. The molecule has 12 heteroatoms.